The van der Waals surface area contributed by atoms with Crippen molar-refractivity contribution in [2.45, 2.75) is 0 Å². The smallest absolute Gasteiger partial charge is 0.348 e. The van der Waals surface area contributed by atoms with Crippen LogP contribution in [0.2, 0.25) is 0 Å². The lowest BCUT2D eigenvalue weighted by molar-refractivity contribution is -0.132. The molecule has 0 aliphatic heterocycles. The second-order valence-electron chi connectivity index (χ2n) is 3.71. The molecule has 0 radical (unpaired) electrons. The largest absolute Gasteiger partial charge is 0.477 e. The Balaban J connectivity index is 2.51. The molecule has 7 nitrogen and oxygen atoms in total. The molecule has 7 heteroatoms. The van der Waals surface area contributed by atoms with Gasteiger partial charge in [0.05, 0.1) is 11.4 Å². The third-order valence-corrected chi connectivity index (χ3v) is 2.47. The number of hydrogen-bond acceptors (Lipinski definition) is 6. The molecule has 0 spiro atoms. The lowest BCUT2D eigenvalue weighted by Crippen LogP contribution is -2.10. The standard InChI is InChI=1S/C13H9N5O2/c14-7-9(13(19)20)11(15)10-3-6-17-12(18-10)8-1-4-16-5-2-8/h1-6H,15H2,(H,19,20)/b11-9-. The summed E-state index contributed by atoms with van der Waals surface area (Å²) in [5.41, 5.74) is 5.82. The molecule has 0 atom stereocenters. The van der Waals surface area contributed by atoms with Crippen molar-refractivity contribution in [3.05, 3.63) is 48.1 Å². The van der Waals surface area contributed by atoms with Crippen molar-refractivity contribution in [3.63, 3.8) is 0 Å². The number of hydrogen-bond donors (Lipinski definition) is 2. The quantitative estimate of drug-likeness (QED) is 0.622. The van der Waals surface area contributed by atoms with Crippen molar-refractivity contribution in [2.24, 2.45) is 5.73 Å². The number of nitrogens with zero attached hydrogens (tertiary/aromatic N) is 4. The van der Waals surface area contributed by atoms with Crippen LogP contribution in [0.1, 0.15) is 5.69 Å². The monoisotopic (exact) mass is 267 g/mol. The topological polar surface area (TPSA) is 126 Å². The molecule has 0 aromatic carbocycles. The van der Waals surface area contributed by atoms with Crippen LogP contribution in [0.15, 0.2) is 42.4 Å². The molecule has 2 rings (SSSR count). The van der Waals surface area contributed by atoms with Gasteiger partial charge in [-0.1, -0.05) is 0 Å². The van der Waals surface area contributed by atoms with Crippen LogP contribution in [0.4, 0.5) is 0 Å². The first-order valence-electron chi connectivity index (χ1n) is 5.50. The predicted octanol–water partition coefficient (Wildman–Crippen LogP) is 0.817. The Morgan fingerprint density at radius 3 is 2.55 bits per heavy atom. The molecule has 0 unspecified atom stereocenters. The van der Waals surface area contributed by atoms with E-state index in [0.29, 0.717) is 11.4 Å². The number of nitriles is 1. The van der Waals surface area contributed by atoms with Crippen molar-refractivity contribution >= 4 is 11.7 Å². The average Bonchev–Trinajstić information content (AvgIpc) is 2.48. The molecule has 2 heterocycles. The second-order valence-corrected chi connectivity index (χ2v) is 3.71. The Hall–Kier alpha value is -3.27. The Kier molecular flexibility index (Phi) is 3.67. The van der Waals surface area contributed by atoms with Gasteiger partial charge in [-0.15, -0.1) is 0 Å². The zero-order valence-corrected chi connectivity index (χ0v) is 10.2. The van der Waals surface area contributed by atoms with Gasteiger partial charge in [0, 0.05) is 24.2 Å². The van der Waals surface area contributed by atoms with Crippen LogP contribution in [0.25, 0.3) is 17.1 Å². The summed E-state index contributed by atoms with van der Waals surface area (Å²) in [7, 11) is 0. The average molecular weight is 267 g/mol. The fourth-order valence-corrected chi connectivity index (χ4v) is 1.50. The lowest BCUT2D eigenvalue weighted by Gasteiger charge is -2.04. The fraction of sp³-hybridized carbons (Fsp3) is 0. The summed E-state index contributed by atoms with van der Waals surface area (Å²) in [6.07, 6.45) is 4.62. The molecule has 0 aliphatic rings. The van der Waals surface area contributed by atoms with Crippen LogP contribution < -0.4 is 5.73 Å². The first-order valence-corrected chi connectivity index (χ1v) is 5.50. The van der Waals surface area contributed by atoms with Gasteiger partial charge in [0.2, 0.25) is 0 Å². The molecule has 20 heavy (non-hydrogen) atoms. The Labute approximate surface area is 114 Å². The summed E-state index contributed by atoms with van der Waals surface area (Å²) in [6, 6.07) is 6.41. The normalized spacial score (nSPS) is 11.3. The van der Waals surface area contributed by atoms with Crippen LogP contribution in [-0.2, 0) is 4.79 Å². The molecular formula is C13H9N5O2. The Morgan fingerprint density at radius 2 is 1.95 bits per heavy atom. The predicted molar refractivity (Wildman–Crippen MR) is 69.6 cm³/mol. The highest BCUT2D eigenvalue weighted by Gasteiger charge is 2.15. The zero-order valence-electron chi connectivity index (χ0n) is 10.2. The molecule has 0 saturated carbocycles. The number of nitrogens with two attached hydrogens (primary N) is 1. The molecule has 0 fully saturated rings. The van der Waals surface area contributed by atoms with Crippen molar-refractivity contribution in [2.75, 3.05) is 0 Å². The summed E-state index contributed by atoms with van der Waals surface area (Å²) in [4.78, 5) is 23.0. The molecule has 0 amide bonds. The summed E-state index contributed by atoms with van der Waals surface area (Å²) < 4.78 is 0. The third kappa shape index (κ3) is 2.59. The van der Waals surface area contributed by atoms with Crippen molar-refractivity contribution < 1.29 is 9.90 Å². The third-order valence-electron chi connectivity index (χ3n) is 2.47. The van der Waals surface area contributed by atoms with E-state index >= 15 is 0 Å². The van der Waals surface area contributed by atoms with Crippen LogP contribution in [0.5, 0.6) is 0 Å². The first-order chi connectivity index (χ1) is 9.63. The zero-order chi connectivity index (χ0) is 14.5. The Bertz CT molecular complexity index is 719. The molecular weight excluding hydrogens is 258 g/mol. The van der Waals surface area contributed by atoms with Gasteiger partial charge >= 0.3 is 5.97 Å². The minimum Gasteiger partial charge on any atom is -0.477 e. The summed E-state index contributed by atoms with van der Waals surface area (Å²) in [6.45, 7) is 0. The van der Waals surface area contributed by atoms with Gasteiger partial charge in [0.1, 0.15) is 6.07 Å². The number of aromatic nitrogens is 3. The van der Waals surface area contributed by atoms with Crippen molar-refractivity contribution in [3.8, 4) is 17.5 Å². The van der Waals surface area contributed by atoms with Gasteiger partial charge in [0.25, 0.3) is 0 Å². The van der Waals surface area contributed by atoms with Gasteiger partial charge < -0.3 is 10.8 Å². The van der Waals surface area contributed by atoms with E-state index in [0.717, 1.165) is 0 Å². The van der Waals surface area contributed by atoms with Gasteiger partial charge in [-0.05, 0) is 18.2 Å². The number of pyridine rings is 1. The van der Waals surface area contributed by atoms with Crippen LogP contribution >= 0.6 is 0 Å². The minimum absolute atomic E-state index is 0.186. The lowest BCUT2D eigenvalue weighted by atomic mass is 10.1. The first kappa shape index (κ1) is 13.2. The summed E-state index contributed by atoms with van der Waals surface area (Å²) in [5.74, 6) is -1.02. The molecule has 2 aromatic rings. The summed E-state index contributed by atoms with van der Waals surface area (Å²) >= 11 is 0. The molecule has 0 bridgehead atoms. The highest BCUT2D eigenvalue weighted by atomic mass is 16.4. The number of carbonyl (C=O) groups is 1. The van der Waals surface area contributed by atoms with Gasteiger partial charge in [-0.25, -0.2) is 14.8 Å². The molecule has 98 valence electrons. The van der Waals surface area contributed by atoms with Gasteiger partial charge in [-0.2, -0.15) is 5.26 Å². The molecule has 2 aromatic heterocycles. The maximum Gasteiger partial charge on any atom is 0.348 e. The number of carboxylic acids is 1. The summed E-state index contributed by atoms with van der Waals surface area (Å²) in [5, 5.41) is 17.7. The van der Waals surface area contributed by atoms with E-state index in [1.165, 1.54) is 12.3 Å². The maximum atomic E-state index is 10.9. The SMILES string of the molecule is N#C/C(C(=O)O)=C(/N)c1ccnc(-c2ccncc2)n1. The van der Waals surface area contributed by atoms with E-state index in [9.17, 15) is 4.79 Å². The highest BCUT2D eigenvalue weighted by molar-refractivity contribution is 5.99. The van der Waals surface area contributed by atoms with Crippen molar-refractivity contribution in [1.82, 2.24) is 15.0 Å². The minimum atomic E-state index is -1.39. The van der Waals surface area contributed by atoms with E-state index in [1.54, 1.807) is 30.6 Å². The number of aliphatic carboxylic acids is 1. The number of carboxylic acid groups (broad SMARTS) is 1. The van der Waals surface area contributed by atoms with Gasteiger partial charge in [-0.3, -0.25) is 4.98 Å². The number of rotatable bonds is 3. The highest BCUT2D eigenvalue weighted by Crippen LogP contribution is 2.16. The maximum absolute atomic E-state index is 10.9. The molecule has 0 aliphatic carbocycles. The molecule has 0 saturated heterocycles. The van der Waals surface area contributed by atoms with E-state index in [4.69, 9.17) is 16.1 Å². The van der Waals surface area contributed by atoms with E-state index in [-0.39, 0.29) is 11.4 Å². The van der Waals surface area contributed by atoms with Crippen LogP contribution in [0.3, 0.4) is 0 Å². The Morgan fingerprint density at radius 1 is 1.25 bits per heavy atom. The van der Waals surface area contributed by atoms with E-state index in [2.05, 4.69) is 15.0 Å². The second kappa shape index (κ2) is 5.58. The van der Waals surface area contributed by atoms with Crippen LogP contribution in [-0.4, -0.2) is 26.0 Å². The van der Waals surface area contributed by atoms with Crippen molar-refractivity contribution in [1.29, 1.82) is 5.26 Å². The fourth-order valence-electron chi connectivity index (χ4n) is 1.50. The van der Waals surface area contributed by atoms with Gasteiger partial charge in [0.15, 0.2) is 11.4 Å². The molecule has 3 N–H and O–H groups in total. The van der Waals surface area contributed by atoms with Crippen LogP contribution in [0, 0.1) is 11.3 Å². The van der Waals surface area contributed by atoms with E-state index < -0.39 is 11.5 Å². The van der Waals surface area contributed by atoms with E-state index in [1.807, 2.05) is 0 Å².